The zero-order chi connectivity index (χ0) is 20.1. The van der Waals surface area contributed by atoms with Crippen molar-refractivity contribution in [3.8, 4) is 0 Å². The van der Waals surface area contributed by atoms with Gasteiger partial charge in [-0.05, 0) is 63.5 Å². The summed E-state index contributed by atoms with van der Waals surface area (Å²) in [5, 5.41) is 3.08. The molecule has 1 aliphatic heterocycles. The minimum Gasteiger partial charge on any atom is -0.340 e. The van der Waals surface area contributed by atoms with Crippen LogP contribution in [0.15, 0.2) is 18.2 Å². The number of amides is 2. The fourth-order valence-corrected chi connectivity index (χ4v) is 4.34. The van der Waals surface area contributed by atoms with Gasteiger partial charge in [0.1, 0.15) is 0 Å². The first-order valence-corrected chi connectivity index (χ1v) is 10.9. The Balaban J connectivity index is 1.54. The van der Waals surface area contributed by atoms with E-state index in [1.165, 1.54) is 6.42 Å². The molecule has 1 N–H and O–H groups in total. The molecular formula is C23H35N3O2. The molecule has 1 unspecified atom stereocenters. The van der Waals surface area contributed by atoms with E-state index in [4.69, 9.17) is 0 Å². The summed E-state index contributed by atoms with van der Waals surface area (Å²) in [6, 6.07) is 6.90. The first-order valence-electron chi connectivity index (χ1n) is 10.9. The first kappa shape index (κ1) is 20.8. The highest BCUT2D eigenvalue weighted by Crippen LogP contribution is 2.28. The normalized spacial score (nSPS) is 19.7. The number of aryl methyl sites for hydroxylation is 2. The number of hydrogen-bond acceptors (Lipinski definition) is 3. The van der Waals surface area contributed by atoms with E-state index in [0.29, 0.717) is 31.6 Å². The Morgan fingerprint density at radius 1 is 1.14 bits per heavy atom. The maximum Gasteiger partial charge on any atom is 0.238 e. The number of nitrogens with zero attached hydrogens (tertiary/aromatic N) is 2. The lowest BCUT2D eigenvalue weighted by Gasteiger charge is -2.36. The molecular weight excluding hydrogens is 350 g/mol. The van der Waals surface area contributed by atoms with Crippen LogP contribution in [0.5, 0.6) is 0 Å². The van der Waals surface area contributed by atoms with Crippen molar-refractivity contribution in [3.05, 3.63) is 29.3 Å². The second-order valence-corrected chi connectivity index (χ2v) is 8.41. The lowest BCUT2D eigenvalue weighted by molar-refractivity contribution is -0.135. The fraction of sp³-hybridized carbons (Fsp3) is 0.652. The Bertz CT molecular complexity index is 679. The van der Waals surface area contributed by atoms with Gasteiger partial charge < -0.3 is 10.2 Å². The van der Waals surface area contributed by atoms with Crippen molar-refractivity contribution in [2.75, 3.05) is 25.0 Å². The van der Waals surface area contributed by atoms with Gasteiger partial charge in [-0.2, -0.15) is 0 Å². The van der Waals surface area contributed by atoms with Gasteiger partial charge >= 0.3 is 0 Å². The van der Waals surface area contributed by atoms with Crippen LogP contribution in [0.2, 0.25) is 0 Å². The van der Waals surface area contributed by atoms with Gasteiger partial charge in [-0.15, -0.1) is 0 Å². The number of carbonyl (C=O) groups is 2. The summed E-state index contributed by atoms with van der Waals surface area (Å²) < 4.78 is 0. The molecule has 2 amide bonds. The maximum atomic E-state index is 12.8. The van der Waals surface area contributed by atoms with E-state index >= 15 is 0 Å². The number of likely N-dealkylation sites (tertiary alicyclic amines) is 1. The highest BCUT2D eigenvalue weighted by molar-refractivity contribution is 5.93. The molecule has 1 aromatic carbocycles. The zero-order valence-corrected chi connectivity index (χ0v) is 17.7. The van der Waals surface area contributed by atoms with Gasteiger partial charge in [-0.3, -0.25) is 14.5 Å². The summed E-state index contributed by atoms with van der Waals surface area (Å²) in [4.78, 5) is 29.7. The summed E-state index contributed by atoms with van der Waals surface area (Å²) in [5.41, 5.74) is 3.08. The van der Waals surface area contributed by atoms with Crippen molar-refractivity contribution in [2.24, 2.45) is 0 Å². The minimum absolute atomic E-state index is 0.0150. The molecule has 0 bridgehead atoms. The quantitative estimate of drug-likeness (QED) is 0.739. The molecule has 1 aromatic rings. The van der Waals surface area contributed by atoms with E-state index in [0.717, 1.165) is 55.5 Å². The van der Waals surface area contributed by atoms with Gasteiger partial charge in [-0.1, -0.05) is 25.1 Å². The summed E-state index contributed by atoms with van der Waals surface area (Å²) in [6.45, 7) is 8.14. The molecule has 0 spiro atoms. The van der Waals surface area contributed by atoms with E-state index in [2.05, 4.69) is 22.0 Å². The molecule has 1 saturated carbocycles. The van der Waals surface area contributed by atoms with Gasteiger partial charge in [0.05, 0.1) is 6.54 Å². The van der Waals surface area contributed by atoms with Crippen LogP contribution in [0.1, 0.15) is 63.0 Å². The minimum atomic E-state index is 0.0150. The third-order valence-corrected chi connectivity index (χ3v) is 6.19. The number of hydrogen-bond donors (Lipinski definition) is 1. The Morgan fingerprint density at radius 2 is 1.86 bits per heavy atom. The third kappa shape index (κ3) is 5.34. The van der Waals surface area contributed by atoms with Gasteiger partial charge in [0, 0.05) is 37.3 Å². The number of rotatable bonds is 8. The topological polar surface area (TPSA) is 52.7 Å². The molecule has 28 heavy (non-hydrogen) atoms. The molecule has 154 valence electrons. The predicted octanol–water partition coefficient (Wildman–Crippen LogP) is 3.89. The highest BCUT2D eigenvalue weighted by Gasteiger charge is 2.32. The third-order valence-electron chi connectivity index (χ3n) is 6.19. The second-order valence-electron chi connectivity index (χ2n) is 8.41. The Hall–Kier alpha value is -1.88. The second kappa shape index (κ2) is 9.55. The van der Waals surface area contributed by atoms with Crippen molar-refractivity contribution in [2.45, 2.75) is 77.8 Å². The summed E-state index contributed by atoms with van der Waals surface area (Å²) >= 11 is 0. The predicted molar refractivity (Wildman–Crippen MR) is 113 cm³/mol. The smallest absolute Gasteiger partial charge is 0.238 e. The van der Waals surface area contributed by atoms with E-state index < -0.39 is 0 Å². The molecule has 1 atom stereocenters. The van der Waals surface area contributed by atoms with Crippen LogP contribution in [0, 0.1) is 13.8 Å². The number of benzene rings is 1. The number of para-hydroxylation sites is 1. The number of piperidine rings is 1. The average molecular weight is 386 g/mol. The SMILES string of the molecule is CCC1CCCCN1C(=O)CCN(CC(=O)Nc1c(C)cccc1C)C1CC1. The lowest BCUT2D eigenvalue weighted by atomic mass is 9.99. The van der Waals surface area contributed by atoms with Gasteiger partial charge in [0.2, 0.25) is 11.8 Å². The summed E-state index contributed by atoms with van der Waals surface area (Å²) in [7, 11) is 0. The Labute approximate surface area is 169 Å². The molecule has 5 nitrogen and oxygen atoms in total. The van der Waals surface area contributed by atoms with Crippen molar-refractivity contribution in [1.82, 2.24) is 9.80 Å². The van der Waals surface area contributed by atoms with E-state index in [-0.39, 0.29) is 11.8 Å². The largest absolute Gasteiger partial charge is 0.340 e. The molecule has 1 saturated heterocycles. The van der Waals surface area contributed by atoms with Crippen molar-refractivity contribution in [1.29, 1.82) is 0 Å². The van der Waals surface area contributed by atoms with Crippen LogP contribution in [-0.4, -0.2) is 53.3 Å². The Kier molecular flexibility index (Phi) is 7.11. The molecule has 2 fully saturated rings. The molecule has 2 aliphatic rings. The Morgan fingerprint density at radius 3 is 2.50 bits per heavy atom. The van der Waals surface area contributed by atoms with Gasteiger partial charge in [0.25, 0.3) is 0 Å². The monoisotopic (exact) mass is 385 g/mol. The molecule has 1 heterocycles. The van der Waals surface area contributed by atoms with Crippen LogP contribution in [0.4, 0.5) is 5.69 Å². The van der Waals surface area contributed by atoms with Crippen molar-refractivity contribution < 1.29 is 9.59 Å². The van der Waals surface area contributed by atoms with E-state index in [1.54, 1.807) is 0 Å². The van der Waals surface area contributed by atoms with Crippen LogP contribution >= 0.6 is 0 Å². The molecule has 1 aliphatic carbocycles. The lowest BCUT2D eigenvalue weighted by Crippen LogP contribution is -2.45. The molecule has 0 radical (unpaired) electrons. The maximum absolute atomic E-state index is 12.8. The standard InChI is InChI=1S/C23H35N3O2/c1-4-19-10-5-6-14-26(19)22(28)13-15-25(20-11-12-20)16-21(27)24-23-17(2)8-7-9-18(23)3/h7-9,19-20H,4-6,10-16H2,1-3H3,(H,24,27). The number of nitrogens with one attached hydrogen (secondary N) is 1. The van der Waals surface area contributed by atoms with Crippen LogP contribution in [-0.2, 0) is 9.59 Å². The molecule has 0 aromatic heterocycles. The van der Waals surface area contributed by atoms with E-state index in [1.807, 2.05) is 32.0 Å². The number of anilines is 1. The van der Waals surface area contributed by atoms with Crippen LogP contribution < -0.4 is 5.32 Å². The molecule has 3 rings (SSSR count). The zero-order valence-electron chi connectivity index (χ0n) is 17.7. The fourth-order valence-electron chi connectivity index (χ4n) is 4.34. The van der Waals surface area contributed by atoms with E-state index in [9.17, 15) is 9.59 Å². The first-order chi connectivity index (χ1) is 13.5. The van der Waals surface area contributed by atoms with Crippen molar-refractivity contribution in [3.63, 3.8) is 0 Å². The van der Waals surface area contributed by atoms with Crippen molar-refractivity contribution >= 4 is 17.5 Å². The number of carbonyl (C=O) groups excluding carboxylic acids is 2. The summed E-state index contributed by atoms with van der Waals surface area (Å²) in [6.07, 6.45) is 7.30. The summed E-state index contributed by atoms with van der Waals surface area (Å²) in [5.74, 6) is 0.272. The highest BCUT2D eigenvalue weighted by atomic mass is 16.2. The average Bonchev–Trinajstić information content (AvgIpc) is 3.53. The van der Waals surface area contributed by atoms with Gasteiger partial charge in [0.15, 0.2) is 0 Å². The van der Waals surface area contributed by atoms with Gasteiger partial charge in [-0.25, -0.2) is 0 Å². The molecule has 5 heteroatoms. The van der Waals surface area contributed by atoms with Crippen LogP contribution in [0.3, 0.4) is 0 Å². The van der Waals surface area contributed by atoms with Crippen LogP contribution in [0.25, 0.3) is 0 Å².